The molecule has 4 nitrogen and oxygen atoms in total. The fourth-order valence-corrected chi connectivity index (χ4v) is 3.35. The number of halogens is 1. The number of amides is 1. The van der Waals surface area contributed by atoms with Crippen LogP contribution in [0.4, 0.5) is 9.18 Å². The third-order valence-corrected chi connectivity index (χ3v) is 4.74. The molecule has 1 fully saturated rings. The molecule has 3 aromatic rings. The fraction of sp³-hybridized carbons (Fsp3) is 0.143. The van der Waals surface area contributed by atoms with Gasteiger partial charge < -0.3 is 10.1 Å². The highest BCUT2D eigenvalue weighted by molar-refractivity contribution is 5.72. The topological polar surface area (TPSA) is 51.2 Å². The van der Waals surface area contributed by atoms with Gasteiger partial charge in [0.25, 0.3) is 0 Å². The molecule has 0 saturated carbocycles. The van der Waals surface area contributed by atoms with Gasteiger partial charge >= 0.3 is 6.09 Å². The van der Waals surface area contributed by atoms with Crippen LogP contribution in [0.2, 0.25) is 0 Å². The lowest BCUT2D eigenvalue weighted by molar-refractivity contribution is 0.0494. The summed E-state index contributed by atoms with van der Waals surface area (Å²) >= 11 is 0. The molecule has 2 heterocycles. The highest BCUT2D eigenvalue weighted by Crippen LogP contribution is 2.43. The predicted octanol–water partition coefficient (Wildman–Crippen LogP) is 4.58. The molecule has 5 heteroatoms. The van der Waals surface area contributed by atoms with Gasteiger partial charge in [-0.05, 0) is 41.8 Å². The average Bonchev–Trinajstić information content (AvgIpc) is 2.98. The molecule has 1 aromatic heterocycles. The van der Waals surface area contributed by atoms with E-state index in [2.05, 4.69) is 10.3 Å². The Kier molecular flexibility index (Phi) is 3.92. The molecular formula is C21H17FN2O2. The Morgan fingerprint density at radius 3 is 2.50 bits per heavy atom. The molecule has 0 radical (unpaired) electrons. The number of cyclic esters (lactones) is 1. The monoisotopic (exact) mass is 348 g/mol. The first-order chi connectivity index (χ1) is 12.6. The summed E-state index contributed by atoms with van der Waals surface area (Å²) in [6.45, 7) is 1.82. The van der Waals surface area contributed by atoms with Crippen LogP contribution in [0.15, 0.2) is 73.1 Å². The molecule has 1 N–H and O–H groups in total. The largest absolute Gasteiger partial charge is 0.436 e. The van der Waals surface area contributed by atoms with Crippen LogP contribution in [0.1, 0.15) is 24.1 Å². The Hall–Kier alpha value is -3.21. The average molecular weight is 348 g/mol. The van der Waals surface area contributed by atoms with E-state index in [4.69, 9.17) is 4.74 Å². The van der Waals surface area contributed by atoms with E-state index in [0.29, 0.717) is 5.56 Å². The van der Waals surface area contributed by atoms with E-state index < -0.39 is 17.7 Å². The summed E-state index contributed by atoms with van der Waals surface area (Å²) in [7, 11) is 0. The molecule has 1 saturated heterocycles. The van der Waals surface area contributed by atoms with E-state index in [-0.39, 0.29) is 5.82 Å². The molecular weight excluding hydrogens is 331 g/mol. The first kappa shape index (κ1) is 16.3. The van der Waals surface area contributed by atoms with Crippen molar-refractivity contribution < 1.29 is 13.9 Å². The quantitative estimate of drug-likeness (QED) is 0.753. The summed E-state index contributed by atoms with van der Waals surface area (Å²) < 4.78 is 18.9. The number of rotatable bonds is 3. The molecule has 0 spiro atoms. The SMILES string of the molecule is C[C@]1(c2ccc(F)cc2)OC(=O)N[C@@H]1c1cncc(-c2ccccc2)c1. The van der Waals surface area contributed by atoms with Crippen molar-refractivity contribution in [1.29, 1.82) is 0 Å². The van der Waals surface area contributed by atoms with Crippen LogP contribution in [0.5, 0.6) is 0 Å². The van der Waals surface area contributed by atoms with Crippen LogP contribution in [-0.2, 0) is 10.3 Å². The fourth-order valence-electron chi connectivity index (χ4n) is 3.35. The number of carbonyl (C=O) groups excluding carboxylic acids is 1. The maximum Gasteiger partial charge on any atom is 0.408 e. The van der Waals surface area contributed by atoms with E-state index in [0.717, 1.165) is 16.7 Å². The normalized spacial score (nSPS) is 21.9. The summed E-state index contributed by atoms with van der Waals surface area (Å²) in [5, 5.41) is 2.86. The van der Waals surface area contributed by atoms with Gasteiger partial charge in [-0.25, -0.2) is 9.18 Å². The molecule has 2 atom stereocenters. The van der Waals surface area contributed by atoms with Gasteiger partial charge in [-0.15, -0.1) is 0 Å². The second kappa shape index (κ2) is 6.26. The van der Waals surface area contributed by atoms with E-state index in [1.54, 1.807) is 24.5 Å². The first-order valence-corrected chi connectivity index (χ1v) is 8.32. The number of pyridine rings is 1. The lowest BCUT2D eigenvalue weighted by Crippen LogP contribution is -2.31. The number of aromatic nitrogens is 1. The zero-order valence-corrected chi connectivity index (χ0v) is 14.1. The standard InChI is InChI=1S/C21H17FN2O2/c1-21(17-7-9-18(22)10-8-17)19(24-20(25)26-21)16-11-15(12-23-13-16)14-5-3-2-4-6-14/h2-13,19H,1H3,(H,24,25)/t19-,21-/m1/s1. The number of alkyl carbamates (subject to hydrolysis) is 1. The van der Waals surface area contributed by atoms with E-state index in [1.807, 2.05) is 43.3 Å². The molecule has 26 heavy (non-hydrogen) atoms. The molecule has 0 unspecified atom stereocenters. The molecule has 4 rings (SSSR count). The summed E-state index contributed by atoms with van der Waals surface area (Å²) in [6.07, 6.45) is 2.99. The molecule has 1 aliphatic rings. The van der Waals surface area contributed by atoms with Crippen LogP contribution in [0.25, 0.3) is 11.1 Å². The highest BCUT2D eigenvalue weighted by Gasteiger charge is 2.47. The van der Waals surface area contributed by atoms with Crippen LogP contribution >= 0.6 is 0 Å². The zero-order chi connectivity index (χ0) is 18.1. The van der Waals surface area contributed by atoms with Gasteiger partial charge in [0, 0.05) is 18.0 Å². The molecule has 0 bridgehead atoms. The van der Waals surface area contributed by atoms with Gasteiger partial charge in [-0.3, -0.25) is 4.98 Å². The van der Waals surface area contributed by atoms with Crippen LogP contribution < -0.4 is 5.32 Å². The smallest absolute Gasteiger partial charge is 0.408 e. The Balaban J connectivity index is 1.76. The van der Waals surface area contributed by atoms with Gasteiger partial charge in [-0.1, -0.05) is 42.5 Å². The van der Waals surface area contributed by atoms with E-state index in [1.165, 1.54) is 12.1 Å². The molecule has 2 aromatic carbocycles. The third-order valence-electron chi connectivity index (χ3n) is 4.74. The van der Waals surface area contributed by atoms with Crippen LogP contribution in [-0.4, -0.2) is 11.1 Å². The lowest BCUT2D eigenvalue weighted by Gasteiger charge is -2.29. The maximum atomic E-state index is 13.3. The number of ether oxygens (including phenoxy) is 1. The Morgan fingerprint density at radius 2 is 1.77 bits per heavy atom. The number of nitrogens with zero attached hydrogens (tertiary/aromatic N) is 1. The van der Waals surface area contributed by atoms with Crippen molar-refractivity contribution >= 4 is 6.09 Å². The zero-order valence-electron chi connectivity index (χ0n) is 14.1. The molecule has 1 aliphatic heterocycles. The minimum Gasteiger partial charge on any atom is -0.436 e. The van der Waals surface area contributed by atoms with Crippen molar-refractivity contribution in [2.45, 2.75) is 18.6 Å². The summed E-state index contributed by atoms with van der Waals surface area (Å²) in [6, 6.07) is 17.4. The Bertz CT molecular complexity index is 944. The number of hydrogen-bond acceptors (Lipinski definition) is 3. The van der Waals surface area contributed by atoms with Crippen LogP contribution in [0, 0.1) is 5.82 Å². The second-order valence-corrected chi connectivity index (χ2v) is 6.45. The van der Waals surface area contributed by atoms with Crippen molar-refractivity contribution in [3.8, 4) is 11.1 Å². The van der Waals surface area contributed by atoms with Crippen molar-refractivity contribution in [3.05, 3.63) is 90.0 Å². The van der Waals surface area contributed by atoms with Gasteiger partial charge in [0.2, 0.25) is 0 Å². The van der Waals surface area contributed by atoms with Gasteiger partial charge in [0.15, 0.2) is 5.60 Å². The Morgan fingerprint density at radius 1 is 1.04 bits per heavy atom. The van der Waals surface area contributed by atoms with Crippen molar-refractivity contribution in [3.63, 3.8) is 0 Å². The number of hydrogen-bond donors (Lipinski definition) is 1. The Labute approximate surface area is 150 Å². The van der Waals surface area contributed by atoms with Gasteiger partial charge in [0.1, 0.15) is 11.9 Å². The third kappa shape index (κ3) is 2.81. The minimum absolute atomic E-state index is 0.334. The minimum atomic E-state index is -0.957. The maximum absolute atomic E-state index is 13.3. The number of benzene rings is 2. The van der Waals surface area contributed by atoms with E-state index in [9.17, 15) is 9.18 Å². The first-order valence-electron chi connectivity index (χ1n) is 8.32. The van der Waals surface area contributed by atoms with Gasteiger partial charge in [0.05, 0.1) is 0 Å². The van der Waals surface area contributed by atoms with Crippen molar-refractivity contribution in [2.24, 2.45) is 0 Å². The molecule has 130 valence electrons. The summed E-state index contributed by atoms with van der Waals surface area (Å²) in [4.78, 5) is 16.3. The molecule has 1 amide bonds. The van der Waals surface area contributed by atoms with Crippen LogP contribution in [0.3, 0.4) is 0 Å². The number of carbonyl (C=O) groups is 1. The predicted molar refractivity (Wildman–Crippen MR) is 95.8 cm³/mol. The second-order valence-electron chi connectivity index (χ2n) is 6.45. The number of nitrogens with one attached hydrogen (secondary N) is 1. The lowest BCUT2D eigenvalue weighted by atomic mass is 9.84. The molecule has 0 aliphatic carbocycles. The van der Waals surface area contributed by atoms with Crippen molar-refractivity contribution in [1.82, 2.24) is 10.3 Å². The highest BCUT2D eigenvalue weighted by atomic mass is 19.1. The van der Waals surface area contributed by atoms with Gasteiger partial charge in [-0.2, -0.15) is 0 Å². The van der Waals surface area contributed by atoms with E-state index >= 15 is 0 Å². The summed E-state index contributed by atoms with van der Waals surface area (Å²) in [5.41, 5.74) is 2.57. The van der Waals surface area contributed by atoms with Crippen molar-refractivity contribution in [2.75, 3.05) is 0 Å². The summed E-state index contributed by atoms with van der Waals surface area (Å²) in [5.74, 6) is -0.334.